The van der Waals surface area contributed by atoms with Gasteiger partial charge in [-0.3, -0.25) is 0 Å². The van der Waals surface area contributed by atoms with E-state index >= 15 is 0 Å². The molecule has 0 aliphatic rings. The van der Waals surface area contributed by atoms with Gasteiger partial charge < -0.3 is 0 Å². The largest absolute Gasteiger partial charge is 0.113 e. The van der Waals surface area contributed by atoms with Crippen LogP contribution in [-0.4, -0.2) is 7.85 Å². The molecule has 0 fully saturated rings. The Hall–Kier alpha value is -2.54. The summed E-state index contributed by atoms with van der Waals surface area (Å²) in [5.74, 6) is 0. The smallest absolute Gasteiger partial charge is 0.0966 e. The van der Waals surface area contributed by atoms with Gasteiger partial charge in [0, 0.05) is 0 Å². The van der Waals surface area contributed by atoms with Crippen molar-refractivity contribution in [3.8, 4) is 11.1 Å². The molecule has 0 aliphatic carbocycles. The zero-order valence-corrected chi connectivity index (χ0v) is 11.6. The molecular weight excluding hydrogens is 251 g/mol. The summed E-state index contributed by atoms with van der Waals surface area (Å²) in [5, 5.41) is 5.14. The highest BCUT2D eigenvalue weighted by molar-refractivity contribution is 6.32. The van der Waals surface area contributed by atoms with Crippen LogP contribution in [-0.2, 0) is 0 Å². The molecule has 1 heteroatoms. The molecule has 0 saturated carbocycles. The van der Waals surface area contributed by atoms with Crippen LogP contribution in [0.4, 0.5) is 0 Å². The minimum Gasteiger partial charge on any atom is -0.0966 e. The zero-order chi connectivity index (χ0) is 14.2. The summed E-state index contributed by atoms with van der Waals surface area (Å²) in [6.07, 6.45) is 0. The van der Waals surface area contributed by atoms with Crippen LogP contribution in [0, 0.1) is 0 Å². The fraction of sp³-hybridized carbons (Fsp3) is 0. The Kier molecular flexibility index (Phi) is 2.78. The molecule has 96 valence electrons. The van der Waals surface area contributed by atoms with E-state index in [2.05, 4.69) is 66.7 Å². The number of hydrogen-bond donors (Lipinski definition) is 0. The number of rotatable bonds is 1. The lowest BCUT2D eigenvalue weighted by molar-refractivity contribution is 1.67. The fourth-order valence-electron chi connectivity index (χ4n) is 2.86. The summed E-state index contributed by atoms with van der Waals surface area (Å²) < 4.78 is 0. The van der Waals surface area contributed by atoms with Gasteiger partial charge in [0.15, 0.2) is 0 Å². The topological polar surface area (TPSA) is 0 Å². The number of fused-ring (bicyclic) bond motifs is 3. The third-order valence-corrected chi connectivity index (χ3v) is 3.99. The molecule has 21 heavy (non-hydrogen) atoms. The van der Waals surface area contributed by atoms with Crippen molar-refractivity contribution in [3.05, 3.63) is 78.9 Å². The number of hydrogen-bond acceptors (Lipinski definition) is 0. The van der Waals surface area contributed by atoms with Crippen LogP contribution in [0.1, 0.15) is 0 Å². The van der Waals surface area contributed by atoms with Crippen LogP contribution in [0.25, 0.3) is 32.7 Å². The van der Waals surface area contributed by atoms with Crippen LogP contribution >= 0.6 is 0 Å². The first-order chi connectivity index (χ1) is 10.3. The normalized spacial score (nSPS) is 11.0. The van der Waals surface area contributed by atoms with E-state index in [1.165, 1.54) is 32.7 Å². The Morgan fingerprint density at radius 3 is 1.95 bits per heavy atom. The van der Waals surface area contributed by atoms with Crippen LogP contribution in [0.2, 0.25) is 0 Å². The minimum absolute atomic E-state index is 0.796. The van der Waals surface area contributed by atoms with Crippen molar-refractivity contribution in [2.45, 2.75) is 0 Å². The molecule has 0 saturated heterocycles. The van der Waals surface area contributed by atoms with Gasteiger partial charge in [0.1, 0.15) is 7.85 Å². The van der Waals surface area contributed by atoms with Crippen LogP contribution in [0.3, 0.4) is 0 Å². The van der Waals surface area contributed by atoms with Crippen LogP contribution in [0.5, 0.6) is 0 Å². The van der Waals surface area contributed by atoms with Crippen molar-refractivity contribution in [1.82, 2.24) is 0 Å². The maximum Gasteiger partial charge on any atom is 0.113 e. The molecule has 0 unspecified atom stereocenters. The second-order valence-electron chi connectivity index (χ2n) is 5.34. The van der Waals surface area contributed by atoms with E-state index in [9.17, 15) is 0 Å². The summed E-state index contributed by atoms with van der Waals surface area (Å²) in [5.41, 5.74) is 3.21. The molecule has 0 bridgehead atoms. The summed E-state index contributed by atoms with van der Waals surface area (Å²) in [6, 6.07) is 27.5. The number of benzene rings is 4. The first kappa shape index (κ1) is 12.2. The Morgan fingerprint density at radius 2 is 1.14 bits per heavy atom. The second-order valence-corrected chi connectivity index (χ2v) is 5.34. The van der Waals surface area contributed by atoms with Gasteiger partial charge in [0.05, 0.1) is 0 Å². The predicted molar refractivity (Wildman–Crippen MR) is 92.3 cm³/mol. The van der Waals surface area contributed by atoms with Crippen molar-refractivity contribution in [2.75, 3.05) is 0 Å². The molecule has 4 aromatic rings. The van der Waals surface area contributed by atoms with Crippen molar-refractivity contribution in [1.29, 1.82) is 0 Å². The molecule has 0 heterocycles. The molecule has 0 nitrogen and oxygen atoms in total. The maximum absolute atomic E-state index is 5.77. The third-order valence-electron chi connectivity index (χ3n) is 3.99. The molecule has 2 radical (unpaired) electrons. The maximum atomic E-state index is 5.77. The predicted octanol–water partition coefficient (Wildman–Crippen LogP) is 4.45. The van der Waals surface area contributed by atoms with E-state index in [0.717, 1.165) is 5.46 Å². The first-order valence-corrected chi connectivity index (χ1v) is 7.09. The highest BCUT2D eigenvalue weighted by Crippen LogP contribution is 2.29. The molecule has 0 aromatic heterocycles. The quantitative estimate of drug-likeness (QED) is 0.352. The lowest BCUT2D eigenvalue weighted by Gasteiger charge is -2.07. The van der Waals surface area contributed by atoms with E-state index in [1.807, 2.05) is 12.1 Å². The van der Waals surface area contributed by atoms with Gasteiger partial charge in [-0.1, -0.05) is 78.3 Å². The average Bonchev–Trinajstić information content (AvgIpc) is 2.55. The van der Waals surface area contributed by atoms with Gasteiger partial charge in [-0.15, -0.1) is 0 Å². The lowest BCUT2D eigenvalue weighted by atomic mass is 9.92. The monoisotopic (exact) mass is 264 g/mol. The van der Waals surface area contributed by atoms with Gasteiger partial charge >= 0.3 is 0 Å². The molecular formula is C20H13B. The van der Waals surface area contributed by atoms with E-state index in [4.69, 9.17) is 7.85 Å². The van der Waals surface area contributed by atoms with Gasteiger partial charge in [-0.2, -0.15) is 0 Å². The Balaban J connectivity index is 2.00. The molecule has 0 spiro atoms. The summed E-state index contributed by atoms with van der Waals surface area (Å²) in [6.45, 7) is 0. The van der Waals surface area contributed by atoms with Crippen LogP contribution < -0.4 is 5.46 Å². The summed E-state index contributed by atoms with van der Waals surface area (Å²) in [7, 11) is 5.77. The molecule has 0 N–H and O–H groups in total. The Labute approximate surface area is 125 Å². The second kappa shape index (κ2) is 4.78. The minimum atomic E-state index is 0.796. The fourth-order valence-corrected chi connectivity index (χ4v) is 2.86. The Bertz CT molecular complexity index is 937. The average molecular weight is 264 g/mol. The van der Waals surface area contributed by atoms with E-state index in [1.54, 1.807) is 0 Å². The SMILES string of the molecule is [B]c1ccc(-c2ccc3ccc4ccccc4c3c2)cc1. The van der Waals surface area contributed by atoms with E-state index in [-0.39, 0.29) is 0 Å². The van der Waals surface area contributed by atoms with E-state index in [0.29, 0.717) is 0 Å². The van der Waals surface area contributed by atoms with E-state index < -0.39 is 0 Å². The van der Waals surface area contributed by atoms with Crippen molar-refractivity contribution >= 4 is 34.9 Å². The highest BCUT2D eigenvalue weighted by atomic mass is 14.1. The lowest BCUT2D eigenvalue weighted by Crippen LogP contribution is -1.99. The molecule has 4 aromatic carbocycles. The molecule has 0 amide bonds. The zero-order valence-electron chi connectivity index (χ0n) is 11.6. The summed E-state index contributed by atoms with van der Waals surface area (Å²) >= 11 is 0. The highest BCUT2D eigenvalue weighted by Gasteiger charge is 2.03. The van der Waals surface area contributed by atoms with Gasteiger partial charge in [-0.25, -0.2) is 0 Å². The Morgan fingerprint density at radius 1 is 0.524 bits per heavy atom. The summed E-state index contributed by atoms with van der Waals surface area (Å²) in [4.78, 5) is 0. The van der Waals surface area contributed by atoms with Gasteiger partial charge in [-0.05, 0) is 38.7 Å². The van der Waals surface area contributed by atoms with Crippen molar-refractivity contribution in [2.24, 2.45) is 0 Å². The van der Waals surface area contributed by atoms with Crippen LogP contribution in [0.15, 0.2) is 78.9 Å². The first-order valence-electron chi connectivity index (χ1n) is 7.09. The standard InChI is InChI=1S/C20H13B/c21-18-11-9-14(10-12-18)17-8-7-16-6-5-15-3-1-2-4-19(15)20(16)13-17/h1-13H. The van der Waals surface area contributed by atoms with Crippen molar-refractivity contribution < 1.29 is 0 Å². The molecule has 4 rings (SSSR count). The molecule has 0 atom stereocenters. The van der Waals surface area contributed by atoms with Crippen molar-refractivity contribution in [3.63, 3.8) is 0 Å². The molecule has 0 aliphatic heterocycles. The van der Waals surface area contributed by atoms with Gasteiger partial charge in [0.2, 0.25) is 0 Å². The third kappa shape index (κ3) is 2.11. The van der Waals surface area contributed by atoms with Gasteiger partial charge in [0.25, 0.3) is 0 Å².